The lowest BCUT2D eigenvalue weighted by Crippen LogP contribution is -2.32. The largest absolute Gasteiger partial charge is 0.504 e. The highest BCUT2D eigenvalue weighted by Gasteiger charge is 2.29. The maximum Gasteiger partial charge on any atom is 0.243 e. The van der Waals surface area contributed by atoms with E-state index in [1.165, 1.54) is 18.6 Å². The molecular weight excluding hydrogens is 505 g/mol. The predicted octanol–water partition coefficient (Wildman–Crippen LogP) is 7.61. The van der Waals surface area contributed by atoms with Crippen LogP contribution in [0.5, 0.6) is 11.5 Å². The number of hydrogen-bond donors (Lipinski definition) is 2. The van der Waals surface area contributed by atoms with E-state index >= 15 is 0 Å². The lowest BCUT2D eigenvalue weighted by molar-refractivity contribution is -0.115. The van der Waals surface area contributed by atoms with Crippen molar-refractivity contribution >= 4 is 45.9 Å². The molecule has 0 saturated carbocycles. The first-order valence-electron chi connectivity index (χ1n) is 11.8. The molecule has 5 nitrogen and oxygen atoms in total. The first kappa shape index (κ1) is 29.5. The second-order valence-corrected chi connectivity index (χ2v) is 12.9. The normalized spacial score (nSPS) is 13.9. The lowest BCUT2D eigenvalue weighted by Gasteiger charge is -2.28. The van der Waals surface area contributed by atoms with E-state index in [0.29, 0.717) is 22.8 Å². The number of phenols is 1. The average Bonchev–Trinajstić information content (AvgIpc) is 2.76. The van der Waals surface area contributed by atoms with Crippen LogP contribution in [0.4, 0.5) is 5.69 Å². The minimum absolute atomic E-state index is 0.0605. The van der Waals surface area contributed by atoms with Crippen LogP contribution in [0.15, 0.2) is 24.3 Å². The van der Waals surface area contributed by atoms with Crippen LogP contribution in [-0.2, 0) is 34.1 Å². The number of benzene rings is 2. The molecule has 2 N–H and O–H groups in total. The van der Waals surface area contributed by atoms with Crippen molar-refractivity contribution in [1.29, 1.82) is 0 Å². The Labute approximate surface area is 222 Å². The molecular formula is C27H37Cl2NO4S. The summed E-state index contributed by atoms with van der Waals surface area (Å²) in [6.07, 6.45) is 2.28. The van der Waals surface area contributed by atoms with Crippen LogP contribution in [-0.4, -0.2) is 20.5 Å². The van der Waals surface area contributed by atoms with Crippen LogP contribution in [0.2, 0.25) is 10.0 Å². The fourth-order valence-corrected chi connectivity index (χ4v) is 5.06. The highest BCUT2D eigenvalue weighted by Crippen LogP contribution is 2.40. The van der Waals surface area contributed by atoms with Gasteiger partial charge in [0, 0.05) is 10.6 Å². The molecule has 0 aliphatic rings. The van der Waals surface area contributed by atoms with Crippen molar-refractivity contribution in [3.8, 4) is 11.5 Å². The molecule has 0 radical (unpaired) electrons. The molecule has 35 heavy (non-hydrogen) atoms. The number of carbonyl (C=O) groups is 1. The standard InChI is InChI=1S/C27H37Cl2NO4S/c1-9-18-20(28)14-21(24(31)23(18)29)30-25(32)16(3)35(33)34-22-12-11-17(15-26(4,5)6)13-19(22)27(7,8)10-2/h11-14,16,31H,9-10,15H2,1-8H3,(H,30,32). The van der Waals surface area contributed by atoms with Gasteiger partial charge in [-0.05, 0) is 60.3 Å². The summed E-state index contributed by atoms with van der Waals surface area (Å²) in [5, 5.41) is 12.3. The summed E-state index contributed by atoms with van der Waals surface area (Å²) in [5.74, 6) is -0.369. The van der Waals surface area contributed by atoms with Crippen molar-refractivity contribution in [2.24, 2.45) is 5.41 Å². The zero-order valence-electron chi connectivity index (χ0n) is 21.8. The van der Waals surface area contributed by atoms with Gasteiger partial charge in [0.25, 0.3) is 0 Å². The Bertz CT molecular complexity index is 1110. The van der Waals surface area contributed by atoms with Gasteiger partial charge in [-0.1, -0.05) is 83.8 Å². The van der Waals surface area contributed by atoms with Gasteiger partial charge >= 0.3 is 0 Å². The summed E-state index contributed by atoms with van der Waals surface area (Å²) in [5.41, 5.74) is 2.69. The number of carbonyl (C=O) groups excluding carboxylic acids is 1. The summed E-state index contributed by atoms with van der Waals surface area (Å²) in [4.78, 5) is 12.8. The van der Waals surface area contributed by atoms with E-state index in [1.54, 1.807) is 0 Å². The van der Waals surface area contributed by atoms with Crippen molar-refractivity contribution in [3.05, 3.63) is 51.0 Å². The van der Waals surface area contributed by atoms with Crippen LogP contribution >= 0.6 is 23.2 Å². The number of rotatable bonds is 9. The van der Waals surface area contributed by atoms with Gasteiger partial charge in [0.2, 0.25) is 17.0 Å². The Morgan fingerprint density at radius 3 is 2.31 bits per heavy atom. The molecule has 194 valence electrons. The molecule has 0 bridgehead atoms. The van der Waals surface area contributed by atoms with E-state index in [-0.39, 0.29) is 27.3 Å². The number of nitrogens with one attached hydrogen (secondary N) is 1. The highest BCUT2D eigenvalue weighted by molar-refractivity contribution is 7.82. The SMILES string of the molecule is CCc1c(Cl)cc(NC(=O)C(C)S(=O)Oc2ccc(CC(C)(C)C)cc2C(C)(C)CC)c(O)c1Cl. The van der Waals surface area contributed by atoms with Crippen LogP contribution in [0.25, 0.3) is 0 Å². The van der Waals surface area contributed by atoms with Gasteiger partial charge in [0.05, 0.1) is 10.7 Å². The molecule has 2 rings (SSSR count). The quantitative estimate of drug-likeness (QED) is 0.320. The lowest BCUT2D eigenvalue weighted by atomic mass is 9.79. The Hall–Kier alpha value is -1.76. The number of amides is 1. The van der Waals surface area contributed by atoms with E-state index in [4.69, 9.17) is 27.4 Å². The highest BCUT2D eigenvalue weighted by atomic mass is 35.5. The van der Waals surface area contributed by atoms with Gasteiger partial charge < -0.3 is 14.6 Å². The zero-order chi connectivity index (χ0) is 26.7. The van der Waals surface area contributed by atoms with Crippen LogP contribution in [0.3, 0.4) is 0 Å². The monoisotopic (exact) mass is 541 g/mol. The first-order valence-corrected chi connectivity index (χ1v) is 13.7. The van der Waals surface area contributed by atoms with Gasteiger partial charge in [-0.25, -0.2) is 4.21 Å². The molecule has 2 aromatic carbocycles. The Morgan fingerprint density at radius 1 is 1.14 bits per heavy atom. The van der Waals surface area contributed by atoms with Crippen LogP contribution < -0.4 is 9.50 Å². The Balaban J connectivity index is 2.28. The molecule has 0 saturated heterocycles. The van der Waals surface area contributed by atoms with E-state index < -0.39 is 22.2 Å². The fraction of sp³-hybridized carbons (Fsp3) is 0.519. The molecule has 2 unspecified atom stereocenters. The van der Waals surface area contributed by atoms with Gasteiger partial charge in [-0.3, -0.25) is 4.79 Å². The van der Waals surface area contributed by atoms with Crippen molar-refractivity contribution in [2.75, 3.05) is 5.32 Å². The number of phenolic OH excluding ortho intramolecular Hbond substituents is 1. The number of anilines is 1. The summed E-state index contributed by atoms with van der Waals surface area (Å²) >= 11 is 10.5. The number of aromatic hydroxyl groups is 1. The fourth-order valence-electron chi connectivity index (χ4n) is 3.64. The molecule has 1 amide bonds. The minimum atomic E-state index is -1.98. The number of hydrogen-bond acceptors (Lipinski definition) is 4. The zero-order valence-corrected chi connectivity index (χ0v) is 24.2. The predicted molar refractivity (Wildman–Crippen MR) is 147 cm³/mol. The van der Waals surface area contributed by atoms with Crippen LogP contribution in [0, 0.1) is 5.41 Å². The van der Waals surface area contributed by atoms with Crippen molar-refractivity contribution in [3.63, 3.8) is 0 Å². The third kappa shape index (κ3) is 7.37. The van der Waals surface area contributed by atoms with Crippen molar-refractivity contribution in [2.45, 2.75) is 85.3 Å². The molecule has 0 aliphatic carbocycles. The van der Waals surface area contributed by atoms with Crippen LogP contribution in [0.1, 0.15) is 78.5 Å². The topological polar surface area (TPSA) is 75.6 Å². The third-order valence-electron chi connectivity index (χ3n) is 6.12. The minimum Gasteiger partial charge on any atom is -0.504 e. The van der Waals surface area contributed by atoms with E-state index in [9.17, 15) is 14.1 Å². The summed E-state index contributed by atoms with van der Waals surface area (Å²) in [6.45, 7) is 16.3. The van der Waals surface area contributed by atoms with Gasteiger partial charge in [0.1, 0.15) is 11.0 Å². The third-order valence-corrected chi connectivity index (χ3v) is 8.00. The maximum atomic E-state index is 13.1. The first-order chi connectivity index (χ1) is 16.1. The van der Waals surface area contributed by atoms with Gasteiger partial charge in [-0.15, -0.1) is 0 Å². The molecule has 0 fully saturated rings. The molecule has 2 atom stereocenters. The van der Waals surface area contributed by atoms with E-state index in [0.717, 1.165) is 18.4 Å². The van der Waals surface area contributed by atoms with Crippen molar-refractivity contribution < 1.29 is 18.3 Å². The van der Waals surface area contributed by atoms with Gasteiger partial charge in [0.15, 0.2) is 5.75 Å². The average molecular weight is 543 g/mol. The molecule has 2 aromatic rings. The Kier molecular flexibility index (Phi) is 9.71. The molecule has 0 aliphatic heterocycles. The summed E-state index contributed by atoms with van der Waals surface area (Å²) in [7, 11) is 0. The second kappa shape index (κ2) is 11.5. The maximum absolute atomic E-state index is 13.1. The van der Waals surface area contributed by atoms with E-state index in [1.807, 2.05) is 19.1 Å². The van der Waals surface area contributed by atoms with Crippen molar-refractivity contribution in [1.82, 2.24) is 0 Å². The van der Waals surface area contributed by atoms with Gasteiger partial charge in [-0.2, -0.15) is 0 Å². The molecule has 0 heterocycles. The second-order valence-electron chi connectivity index (χ2n) is 10.7. The molecule has 0 aromatic heterocycles. The molecule has 8 heteroatoms. The summed E-state index contributed by atoms with van der Waals surface area (Å²) in [6, 6.07) is 7.37. The smallest absolute Gasteiger partial charge is 0.243 e. The molecule has 0 spiro atoms. The Morgan fingerprint density at radius 2 is 1.77 bits per heavy atom. The van der Waals surface area contributed by atoms with E-state index in [2.05, 4.69) is 52.9 Å². The number of halogens is 2. The summed E-state index contributed by atoms with van der Waals surface area (Å²) < 4.78 is 18.9.